The van der Waals surface area contributed by atoms with Crippen molar-refractivity contribution in [3.8, 4) is 0 Å². The smallest absolute Gasteiger partial charge is 0.252 e. The molecule has 5 nitrogen and oxygen atoms in total. The summed E-state index contributed by atoms with van der Waals surface area (Å²) in [5.74, 6) is 0.157. The van der Waals surface area contributed by atoms with Crippen molar-refractivity contribution in [1.29, 1.82) is 0 Å². The number of hydrogen-bond acceptors (Lipinski definition) is 4. The number of rotatable bonds is 2. The molecule has 3 rings (SSSR count). The molecule has 2 aliphatic rings. The van der Waals surface area contributed by atoms with E-state index in [4.69, 9.17) is 12.2 Å². The first-order chi connectivity index (χ1) is 9.48. The Morgan fingerprint density at radius 1 is 1.20 bits per heavy atom. The second kappa shape index (κ2) is 4.82. The summed E-state index contributed by atoms with van der Waals surface area (Å²) < 4.78 is 23.1. The molecule has 0 aromatic heterocycles. The molecule has 2 aliphatic heterocycles. The summed E-state index contributed by atoms with van der Waals surface area (Å²) in [6.07, 6.45) is 0.540. The molecule has 1 amide bonds. The van der Waals surface area contributed by atoms with Crippen LogP contribution >= 0.6 is 12.2 Å². The maximum absolute atomic E-state index is 12.2. The minimum absolute atomic E-state index is 0.0864. The fourth-order valence-corrected chi connectivity index (χ4v) is 4.81. The third kappa shape index (κ3) is 2.31. The van der Waals surface area contributed by atoms with E-state index >= 15 is 0 Å². The molecule has 1 atom stereocenters. The van der Waals surface area contributed by atoms with Crippen molar-refractivity contribution in [3.05, 3.63) is 30.3 Å². The SMILES string of the molecule is O=C1CN([C@H]2CCS(=O)(=O)C2)C(=S)N1c1ccccc1. The normalized spacial score (nSPS) is 25.5. The Labute approximate surface area is 123 Å². The lowest BCUT2D eigenvalue weighted by molar-refractivity contribution is -0.116. The number of anilines is 1. The van der Waals surface area contributed by atoms with Gasteiger partial charge in [0.05, 0.1) is 17.2 Å². The van der Waals surface area contributed by atoms with Crippen LogP contribution in [0.2, 0.25) is 0 Å². The highest BCUT2D eigenvalue weighted by atomic mass is 32.2. The average Bonchev–Trinajstić information content (AvgIpc) is 2.90. The Bertz CT molecular complexity index is 657. The Balaban J connectivity index is 1.85. The number of nitrogens with zero attached hydrogens (tertiary/aromatic N) is 2. The molecule has 1 aromatic rings. The molecule has 20 heavy (non-hydrogen) atoms. The molecule has 106 valence electrons. The number of carbonyl (C=O) groups is 1. The minimum Gasteiger partial charge on any atom is -0.335 e. The number of hydrogen-bond donors (Lipinski definition) is 0. The highest BCUT2D eigenvalue weighted by Crippen LogP contribution is 2.26. The van der Waals surface area contributed by atoms with Crippen molar-refractivity contribution >= 4 is 38.8 Å². The Kier molecular flexibility index (Phi) is 3.25. The van der Waals surface area contributed by atoms with Crippen LogP contribution < -0.4 is 4.90 Å². The van der Waals surface area contributed by atoms with E-state index in [0.29, 0.717) is 11.5 Å². The molecule has 1 aromatic carbocycles. The van der Waals surface area contributed by atoms with Gasteiger partial charge in [-0.15, -0.1) is 0 Å². The maximum Gasteiger partial charge on any atom is 0.252 e. The van der Waals surface area contributed by atoms with Gasteiger partial charge in [-0.2, -0.15) is 0 Å². The van der Waals surface area contributed by atoms with Gasteiger partial charge in [0.25, 0.3) is 5.91 Å². The van der Waals surface area contributed by atoms with Crippen molar-refractivity contribution in [2.45, 2.75) is 12.5 Å². The molecule has 0 unspecified atom stereocenters. The first-order valence-electron chi connectivity index (χ1n) is 6.37. The lowest BCUT2D eigenvalue weighted by Crippen LogP contribution is -2.39. The molecular weight excluding hydrogens is 296 g/mol. The van der Waals surface area contributed by atoms with Gasteiger partial charge < -0.3 is 4.90 Å². The molecular formula is C13H14N2O3S2. The van der Waals surface area contributed by atoms with E-state index < -0.39 is 9.84 Å². The van der Waals surface area contributed by atoms with Gasteiger partial charge in [-0.05, 0) is 30.8 Å². The topological polar surface area (TPSA) is 57.7 Å². The fraction of sp³-hybridized carbons (Fsp3) is 0.385. The predicted octanol–water partition coefficient (Wildman–Crippen LogP) is 0.807. The van der Waals surface area contributed by atoms with Crippen molar-refractivity contribution in [1.82, 2.24) is 4.90 Å². The van der Waals surface area contributed by atoms with Gasteiger partial charge in [0.2, 0.25) is 0 Å². The molecule has 2 saturated heterocycles. The van der Waals surface area contributed by atoms with Gasteiger partial charge in [0, 0.05) is 6.04 Å². The van der Waals surface area contributed by atoms with Crippen LogP contribution in [0.15, 0.2) is 30.3 Å². The van der Waals surface area contributed by atoms with Crippen LogP contribution in [0.4, 0.5) is 5.69 Å². The molecule has 0 aliphatic carbocycles. The quantitative estimate of drug-likeness (QED) is 0.757. The van der Waals surface area contributed by atoms with Crippen molar-refractivity contribution in [2.24, 2.45) is 0 Å². The monoisotopic (exact) mass is 310 g/mol. The van der Waals surface area contributed by atoms with E-state index in [9.17, 15) is 13.2 Å². The van der Waals surface area contributed by atoms with Gasteiger partial charge in [-0.1, -0.05) is 18.2 Å². The standard InChI is InChI=1S/C13H14N2O3S2/c16-12-8-14(11-6-7-20(17,18)9-11)13(19)15(12)10-4-2-1-3-5-10/h1-5,11H,6-9H2/t11-/m0/s1. The van der Waals surface area contributed by atoms with Gasteiger partial charge >= 0.3 is 0 Å². The van der Waals surface area contributed by atoms with Crippen molar-refractivity contribution in [3.63, 3.8) is 0 Å². The summed E-state index contributed by atoms with van der Waals surface area (Å²) in [5, 5.41) is 0.406. The third-order valence-corrected chi connectivity index (χ3v) is 5.82. The second-order valence-corrected chi connectivity index (χ2v) is 7.63. The van der Waals surface area contributed by atoms with Gasteiger partial charge in [0.15, 0.2) is 14.9 Å². The van der Waals surface area contributed by atoms with Crippen molar-refractivity contribution in [2.75, 3.05) is 23.0 Å². The van der Waals surface area contributed by atoms with E-state index in [2.05, 4.69) is 0 Å². The number of para-hydroxylation sites is 1. The van der Waals surface area contributed by atoms with E-state index in [1.807, 2.05) is 30.3 Å². The number of benzene rings is 1. The predicted molar refractivity (Wildman–Crippen MR) is 80.3 cm³/mol. The van der Waals surface area contributed by atoms with Gasteiger partial charge in [0.1, 0.15) is 6.54 Å². The van der Waals surface area contributed by atoms with Crippen molar-refractivity contribution < 1.29 is 13.2 Å². The Morgan fingerprint density at radius 3 is 2.50 bits per heavy atom. The summed E-state index contributed by atoms with van der Waals surface area (Å²) in [4.78, 5) is 15.4. The lowest BCUT2D eigenvalue weighted by Gasteiger charge is -2.25. The van der Waals surface area contributed by atoms with Crippen LogP contribution in [0.3, 0.4) is 0 Å². The maximum atomic E-state index is 12.2. The Morgan fingerprint density at radius 2 is 1.90 bits per heavy atom. The number of carbonyl (C=O) groups excluding carboxylic acids is 1. The zero-order chi connectivity index (χ0) is 14.3. The zero-order valence-corrected chi connectivity index (χ0v) is 12.4. The van der Waals surface area contributed by atoms with Crippen LogP contribution in [0.25, 0.3) is 0 Å². The first kappa shape index (κ1) is 13.5. The average molecular weight is 310 g/mol. The van der Waals surface area contributed by atoms with Crippen LogP contribution in [0, 0.1) is 0 Å². The summed E-state index contributed by atoms with van der Waals surface area (Å²) in [7, 11) is -2.99. The fourth-order valence-electron chi connectivity index (χ4n) is 2.66. The van der Waals surface area contributed by atoms with Crippen LogP contribution in [0.1, 0.15) is 6.42 Å². The summed E-state index contributed by atoms with van der Waals surface area (Å²) in [5.41, 5.74) is 0.728. The minimum atomic E-state index is -2.99. The third-order valence-electron chi connectivity index (χ3n) is 3.66. The Hall–Kier alpha value is -1.47. The molecule has 0 bridgehead atoms. The van der Waals surface area contributed by atoms with Crippen LogP contribution in [-0.2, 0) is 14.6 Å². The van der Waals surface area contributed by atoms with E-state index in [1.54, 1.807) is 4.90 Å². The van der Waals surface area contributed by atoms with Gasteiger partial charge in [-0.25, -0.2) is 8.42 Å². The molecule has 7 heteroatoms. The second-order valence-electron chi connectivity index (χ2n) is 5.03. The lowest BCUT2D eigenvalue weighted by atomic mass is 10.2. The van der Waals surface area contributed by atoms with Crippen LogP contribution in [0.5, 0.6) is 0 Å². The highest BCUT2D eigenvalue weighted by molar-refractivity contribution is 7.91. The molecule has 0 N–H and O–H groups in total. The molecule has 2 heterocycles. The number of amides is 1. The first-order valence-corrected chi connectivity index (χ1v) is 8.60. The zero-order valence-electron chi connectivity index (χ0n) is 10.7. The van der Waals surface area contributed by atoms with E-state index in [-0.39, 0.29) is 30.0 Å². The molecule has 0 saturated carbocycles. The van der Waals surface area contributed by atoms with Crippen LogP contribution in [-0.4, -0.2) is 48.4 Å². The molecule has 2 fully saturated rings. The van der Waals surface area contributed by atoms with Gasteiger partial charge in [-0.3, -0.25) is 9.69 Å². The number of sulfone groups is 1. The summed E-state index contributed by atoms with van der Waals surface area (Å²) >= 11 is 5.37. The van der Waals surface area contributed by atoms with E-state index in [1.165, 1.54) is 4.90 Å². The summed E-state index contributed by atoms with van der Waals surface area (Å²) in [6, 6.07) is 9.01. The summed E-state index contributed by atoms with van der Waals surface area (Å²) in [6.45, 7) is 0.161. The van der Waals surface area contributed by atoms with E-state index in [0.717, 1.165) is 5.69 Å². The molecule has 0 spiro atoms. The highest BCUT2D eigenvalue weighted by Gasteiger charge is 2.41. The number of thiocarbonyl (C=S) groups is 1. The largest absolute Gasteiger partial charge is 0.335 e. The molecule has 0 radical (unpaired) electrons.